The number of benzene rings is 1. The zero-order chi connectivity index (χ0) is 19.2. The lowest BCUT2D eigenvalue weighted by atomic mass is 10.2. The van der Waals surface area contributed by atoms with Gasteiger partial charge in [-0.15, -0.1) is 10.2 Å². The lowest BCUT2D eigenvalue weighted by molar-refractivity contribution is -0.113. The first kappa shape index (κ1) is 18.9. The van der Waals surface area contributed by atoms with Crippen LogP contribution in [-0.2, 0) is 11.3 Å². The molecule has 0 fully saturated rings. The summed E-state index contributed by atoms with van der Waals surface area (Å²) in [6.45, 7) is 2.74. The average molecular weight is 382 g/mol. The molecule has 7 nitrogen and oxygen atoms in total. The van der Waals surface area contributed by atoms with Crippen LogP contribution in [0.2, 0.25) is 0 Å². The van der Waals surface area contributed by atoms with Gasteiger partial charge >= 0.3 is 0 Å². The number of hydrogen-bond donors (Lipinski definition) is 1. The quantitative estimate of drug-likeness (QED) is 0.633. The standard InChI is InChI=1S/C19H22N6OS/c1-4-25-18(14-10-11-16(20-12-14)24(2)3)22-23-19(25)27-13-17(26)21-15-8-6-5-7-9-15/h5-12H,4,13H2,1-3H3,(H,21,26). The van der Waals surface area contributed by atoms with Gasteiger partial charge in [0.25, 0.3) is 0 Å². The van der Waals surface area contributed by atoms with Crippen LogP contribution in [0.5, 0.6) is 0 Å². The fourth-order valence-electron chi connectivity index (χ4n) is 2.53. The molecule has 0 aliphatic carbocycles. The van der Waals surface area contributed by atoms with Crippen molar-refractivity contribution in [1.82, 2.24) is 19.7 Å². The molecular weight excluding hydrogens is 360 g/mol. The van der Waals surface area contributed by atoms with Crippen molar-refractivity contribution < 1.29 is 4.79 Å². The van der Waals surface area contributed by atoms with Crippen molar-refractivity contribution >= 4 is 29.2 Å². The van der Waals surface area contributed by atoms with Crippen LogP contribution in [0.25, 0.3) is 11.4 Å². The fraction of sp³-hybridized carbons (Fsp3) is 0.263. The van der Waals surface area contributed by atoms with Crippen LogP contribution in [0, 0.1) is 0 Å². The molecule has 27 heavy (non-hydrogen) atoms. The molecule has 3 rings (SSSR count). The van der Waals surface area contributed by atoms with E-state index in [1.165, 1.54) is 11.8 Å². The predicted octanol–water partition coefficient (Wildman–Crippen LogP) is 3.16. The number of nitrogens with one attached hydrogen (secondary N) is 1. The normalized spacial score (nSPS) is 10.6. The highest BCUT2D eigenvalue weighted by Crippen LogP contribution is 2.24. The fourth-order valence-corrected chi connectivity index (χ4v) is 3.33. The van der Waals surface area contributed by atoms with E-state index < -0.39 is 0 Å². The molecule has 0 aliphatic rings. The molecule has 140 valence electrons. The van der Waals surface area contributed by atoms with Gasteiger partial charge in [-0.3, -0.25) is 4.79 Å². The van der Waals surface area contributed by atoms with Crippen molar-refractivity contribution in [1.29, 1.82) is 0 Å². The van der Waals surface area contributed by atoms with Crippen LogP contribution in [-0.4, -0.2) is 45.5 Å². The number of aromatic nitrogens is 4. The van der Waals surface area contributed by atoms with E-state index in [4.69, 9.17) is 0 Å². The van der Waals surface area contributed by atoms with Gasteiger partial charge in [-0.25, -0.2) is 4.98 Å². The van der Waals surface area contributed by atoms with Gasteiger partial charge in [0, 0.05) is 38.1 Å². The summed E-state index contributed by atoms with van der Waals surface area (Å²) in [6, 6.07) is 13.3. The Morgan fingerprint density at radius 3 is 2.56 bits per heavy atom. The maximum absolute atomic E-state index is 12.2. The van der Waals surface area contributed by atoms with Crippen LogP contribution in [0.4, 0.5) is 11.5 Å². The summed E-state index contributed by atoms with van der Waals surface area (Å²) < 4.78 is 1.99. The Labute approximate surface area is 162 Å². The second-order valence-corrected chi connectivity index (χ2v) is 7.00. The highest BCUT2D eigenvalue weighted by Gasteiger charge is 2.15. The Bertz CT molecular complexity index is 892. The number of carbonyl (C=O) groups is 1. The summed E-state index contributed by atoms with van der Waals surface area (Å²) in [4.78, 5) is 18.5. The monoisotopic (exact) mass is 382 g/mol. The molecule has 1 aromatic carbocycles. The summed E-state index contributed by atoms with van der Waals surface area (Å²) >= 11 is 1.37. The van der Waals surface area contributed by atoms with Gasteiger partial charge in [-0.2, -0.15) is 0 Å². The molecule has 0 radical (unpaired) electrons. The Morgan fingerprint density at radius 2 is 1.93 bits per heavy atom. The van der Waals surface area contributed by atoms with Crippen LogP contribution < -0.4 is 10.2 Å². The molecule has 1 amide bonds. The largest absolute Gasteiger partial charge is 0.363 e. The molecule has 8 heteroatoms. The first-order chi connectivity index (χ1) is 13.1. The van der Waals surface area contributed by atoms with Gasteiger partial charge in [-0.1, -0.05) is 30.0 Å². The van der Waals surface area contributed by atoms with Gasteiger partial charge < -0.3 is 14.8 Å². The van der Waals surface area contributed by atoms with Crippen molar-refractivity contribution in [2.75, 3.05) is 30.1 Å². The van der Waals surface area contributed by atoms with Crippen LogP contribution >= 0.6 is 11.8 Å². The van der Waals surface area contributed by atoms with E-state index in [1.807, 2.05) is 73.0 Å². The Kier molecular flexibility index (Phi) is 6.08. The molecule has 0 spiro atoms. The van der Waals surface area contributed by atoms with Crippen molar-refractivity contribution in [2.45, 2.75) is 18.6 Å². The molecule has 0 aliphatic heterocycles. The number of pyridine rings is 1. The van der Waals surface area contributed by atoms with E-state index in [-0.39, 0.29) is 11.7 Å². The summed E-state index contributed by atoms with van der Waals surface area (Å²) in [6.07, 6.45) is 1.79. The predicted molar refractivity (Wildman–Crippen MR) is 109 cm³/mol. The van der Waals surface area contributed by atoms with Gasteiger partial charge in [0.2, 0.25) is 5.91 Å². The maximum Gasteiger partial charge on any atom is 0.234 e. The number of rotatable bonds is 7. The molecule has 0 saturated carbocycles. The zero-order valence-corrected chi connectivity index (χ0v) is 16.4. The lowest BCUT2D eigenvalue weighted by Gasteiger charge is -2.11. The Balaban J connectivity index is 1.69. The first-order valence-corrected chi connectivity index (χ1v) is 9.61. The minimum absolute atomic E-state index is 0.0737. The van der Waals surface area contributed by atoms with E-state index in [9.17, 15) is 4.79 Å². The number of hydrogen-bond acceptors (Lipinski definition) is 6. The number of thioether (sulfide) groups is 1. The summed E-state index contributed by atoms with van der Waals surface area (Å²) in [5.41, 5.74) is 1.68. The Hall–Kier alpha value is -2.87. The van der Waals surface area contributed by atoms with Crippen LogP contribution in [0.1, 0.15) is 6.92 Å². The highest BCUT2D eigenvalue weighted by atomic mass is 32.2. The average Bonchev–Trinajstić information content (AvgIpc) is 3.10. The van der Waals surface area contributed by atoms with Crippen molar-refractivity contribution in [2.24, 2.45) is 0 Å². The van der Waals surface area contributed by atoms with Gasteiger partial charge in [0.1, 0.15) is 5.82 Å². The first-order valence-electron chi connectivity index (χ1n) is 8.63. The second-order valence-electron chi connectivity index (χ2n) is 6.05. The number of amides is 1. The van der Waals surface area contributed by atoms with E-state index >= 15 is 0 Å². The number of para-hydroxylation sites is 1. The molecule has 2 heterocycles. The van der Waals surface area contributed by atoms with Crippen molar-refractivity contribution in [3.63, 3.8) is 0 Å². The topological polar surface area (TPSA) is 75.9 Å². The van der Waals surface area contributed by atoms with E-state index in [0.717, 1.165) is 22.9 Å². The molecule has 1 N–H and O–H groups in total. The summed E-state index contributed by atoms with van der Waals surface area (Å²) in [7, 11) is 3.90. The molecule has 3 aromatic rings. The van der Waals surface area contributed by atoms with Gasteiger partial charge in [0.05, 0.1) is 5.75 Å². The third-order valence-electron chi connectivity index (χ3n) is 3.89. The minimum Gasteiger partial charge on any atom is -0.363 e. The number of nitrogens with zero attached hydrogens (tertiary/aromatic N) is 5. The number of anilines is 2. The molecular formula is C19H22N6OS. The van der Waals surface area contributed by atoms with E-state index in [0.29, 0.717) is 11.7 Å². The molecule has 0 atom stereocenters. The van der Waals surface area contributed by atoms with Gasteiger partial charge in [0.15, 0.2) is 11.0 Å². The summed E-state index contributed by atoms with van der Waals surface area (Å²) in [5.74, 6) is 1.83. The smallest absolute Gasteiger partial charge is 0.234 e. The Morgan fingerprint density at radius 1 is 1.15 bits per heavy atom. The molecule has 0 saturated heterocycles. The minimum atomic E-state index is -0.0737. The number of carbonyl (C=O) groups excluding carboxylic acids is 1. The van der Waals surface area contributed by atoms with Gasteiger partial charge in [-0.05, 0) is 31.2 Å². The lowest BCUT2D eigenvalue weighted by Crippen LogP contribution is -2.14. The van der Waals surface area contributed by atoms with Crippen LogP contribution in [0.3, 0.4) is 0 Å². The van der Waals surface area contributed by atoms with E-state index in [1.54, 1.807) is 6.20 Å². The molecule has 0 bridgehead atoms. The maximum atomic E-state index is 12.2. The highest BCUT2D eigenvalue weighted by molar-refractivity contribution is 7.99. The van der Waals surface area contributed by atoms with E-state index in [2.05, 4.69) is 20.5 Å². The summed E-state index contributed by atoms with van der Waals surface area (Å²) in [5, 5.41) is 12.1. The van der Waals surface area contributed by atoms with Crippen molar-refractivity contribution in [3.8, 4) is 11.4 Å². The van der Waals surface area contributed by atoms with Crippen molar-refractivity contribution in [3.05, 3.63) is 48.7 Å². The second kappa shape index (κ2) is 8.68. The molecule has 0 unspecified atom stereocenters. The van der Waals surface area contributed by atoms with Crippen LogP contribution in [0.15, 0.2) is 53.8 Å². The third-order valence-corrected chi connectivity index (χ3v) is 4.85. The zero-order valence-electron chi connectivity index (χ0n) is 15.6. The molecule has 2 aromatic heterocycles. The third kappa shape index (κ3) is 4.65. The SMILES string of the molecule is CCn1c(SCC(=O)Nc2ccccc2)nnc1-c1ccc(N(C)C)nc1.